The average Bonchev–Trinajstić information content (AvgIpc) is 2.47. The monoisotopic (exact) mass is 280 g/mol. The molecule has 4 heteroatoms. The van der Waals surface area contributed by atoms with Crippen molar-refractivity contribution >= 4 is 22.5 Å². The Morgan fingerprint density at radius 3 is 2.65 bits per heavy atom. The van der Waals surface area contributed by atoms with Crippen LogP contribution in [0.3, 0.4) is 0 Å². The number of pyridine rings is 1. The number of para-hydroxylation sites is 1. The van der Waals surface area contributed by atoms with Gasteiger partial charge in [0.1, 0.15) is 11.6 Å². The number of fused-ring (bicyclic) bond motifs is 1. The summed E-state index contributed by atoms with van der Waals surface area (Å²) in [6.45, 7) is 0. The van der Waals surface area contributed by atoms with Gasteiger partial charge in [0.15, 0.2) is 0 Å². The zero-order chi connectivity index (χ0) is 14.1. The Kier molecular flexibility index (Phi) is 3.02. The van der Waals surface area contributed by atoms with Gasteiger partial charge in [0.25, 0.3) is 0 Å². The zero-order valence-corrected chi connectivity index (χ0v) is 11.1. The molecule has 3 rings (SSSR count). The molecule has 2 aromatic carbocycles. The number of nitriles is 1. The van der Waals surface area contributed by atoms with Crippen molar-refractivity contribution < 1.29 is 0 Å². The highest BCUT2D eigenvalue weighted by Crippen LogP contribution is 2.24. The molecule has 3 aromatic rings. The molecule has 0 aliphatic heterocycles. The van der Waals surface area contributed by atoms with Crippen molar-refractivity contribution in [2.24, 2.45) is 0 Å². The molecule has 0 bridgehead atoms. The number of nitrogens with one attached hydrogen (secondary N) is 1. The summed E-state index contributed by atoms with van der Waals surface area (Å²) in [5, 5.41) is 10.4. The first-order chi connectivity index (χ1) is 9.70. The van der Waals surface area contributed by atoms with Crippen molar-refractivity contribution in [1.82, 2.24) is 4.98 Å². The third-order valence-electron chi connectivity index (χ3n) is 3.13. The van der Waals surface area contributed by atoms with Crippen molar-refractivity contribution in [3.63, 3.8) is 0 Å². The highest BCUT2D eigenvalue weighted by Gasteiger charge is 2.13. The van der Waals surface area contributed by atoms with Gasteiger partial charge in [0.05, 0.1) is 5.69 Å². The molecule has 0 saturated carbocycles. The lowest BCUT2D eigenvalue weighted by atomic mass is 10.0. The Morgan fingerprint density at radius 1 is 1.10 bits per heavy atom. The van der Waals surface area contributed by atoms with E-state index in [4.69, 9.17) is 11.6 Å². The lowest BCUT2D eigenvalue weighted by Gasteiger charge is -2.07. The minimum atomic E-state index is -0.267. The lowest BCUT2D eigenvalue weighted by Crippen LogP contribution is -2.10. The van der Waals surface area contributed by atoms with E-state index in [0.29, 0.717) is 21.6 Å². The molecule has 0 saturated heterocycles. The van der Waals surface area contributed by atoms with Gasteiger partial charge in [0, 0.05) is 21.5 Å². The molecule has 0 fully saturated rings. The van der Waals surface area contributed by atoms with Gasteiger partial charge in [0.2, 0.25) is 5.43 Å². The van der Waals surface area contributed by atoms with Crippen LogP contribution in [0.5, 0.6) is 0 Å². The Morgan fingerprint density at radius 2 is 1.90 bits per heavy atom. The third kappa shape index (κ3) is 1.97. The highest BCUT2D eigenvalue weighted by atomic mass is 35.5. The molecular formula is C16H9ClN2O. The second-order valence-electron chi connectivity index (χ2n) is 4.37. The van der Waals surface area contributed by atoms with Crippen molar-refractivity contribution in [2.45, 2.75) is 0 Å². The molecule has 20 heavy (non-hydrogen) atoms. The molecule has 1 aromatic heterocycles. The van der Waals surface area contributed by atoms with Crippen molar-refractivity contribution in [3.05, 3.63) is 69.3 Å². The van der Waals surface area contributed by atoms with E-state index in [0.717, 1.165) is 5.56 Å². The van der Waals surface area contributed by atoms with Crippen LogP contribution in [0.1, 0.15) is 5.56 Å². The predicted octanol–water partition coefficient (Wildman–Crippen LogP) is 3.72. The van der Waals surface area contributed by atoms with Crippen LogP contribution in [-0.2, 0) is 0 Å². The van der Waals surface area contributed by atoms with Crippen molar-refractivity contribution in [1.29, 1.82) is 5.26 Å². The normalized spacial score (nSPS) is 10.4. The number of hydrogen-bond acceptors (Lipinski definition) is 2. The van der Waals surface area contributed by atoms with Gasteiger partial charge in [-0.1, -0.05) is 35.9 Å². The molecule has 0 atom stereocenters. The quantitative estimate of drug-likeness (QED) is 0.738. The summed E-state index contributed by atoms with van der Waals surface area (Å²) in [6.07, 6.45) is 0. The maximum Gasteiger partial charge on any atom is 0.207 e. The van der Waals surface area contributed by atoms with E-state index in [1.807, 2.05) is 24.3 Å². The first kappa shape index (κ1) is 12.5. The number of nitrogens with zero attached hydrogens (tertiary/aromatic N) is 1. The number of aromatic amines is 1. The minimum Gasteiger partial charge on any atom is -0.353 e. The molecule has 0 aliphatic carbocycles. The smallest absolute Gasteiger partial charge is 0.207 e. The largest absolute Gasteiger partial charge is 0.353 e. The van der Waals surface area contributed by atoms with Crippen molar-refractivity contribution in [2.75, 3.05) is 0 Å². The standard InChI is InChI=1S/C16H9ClN2O/c17-11-5-3-4-10(8-11)15-13(9-18)16(20)12-6-1-2-7-14(12)19-15/h1-8H,(H,19,20). The number of hydrogen-bond donors (Lipinski definition) is 1. The van der Waals surface area contributed by atoms with Crippen molar-refractivity contribution in [3.8, 4) is 17.3 Å². The fourth-order valence-corrected chi connectivity index (χ4v) is 2.39. The Hall–Kier alpha value is -2.57. The van der Waals surface area contributed by atoms with E-state index in [-0.39, 0.29) is 11.0 Å². The summed E-state index contributed by atoms with van der Waals surface area (Å²) in [5.74, 6) is 0. The molecule has 96 valence electrons. The van der Waals surface area contributed by atoms with Crippen LogP contribution in [0.15, 0.2) is 53.3 Å². The summed E-state index contributed by atoms with van der Waals surface area (Å²) >= 11 is 5.97. The van der Waals surface area contributed by atoms with Gasteiger partial charge >= 0.3 is 0 Å². The van der Waals surface area contributed by atoms with E-state index >= 15 is 0 Å². The van der Waals surface area contributed by atoms with E-state index in [2.05, 4.69) is 4.98 Å². The Bertz CT molecular complexity index is 906. The van der Waals surface area contributed by atoms with Gasteiger partial charge in [-0.05, 0) is 24.3 Å². The second kappa shape index (κ2) is 4.84. The van der Waals surface area contributed by atoms with E-state index < -0.39 is 0 Å². The van der Waals surface area contributed by atoms with Crippen LogP contribution in [0.25, 0.3) is 22.2 Å². The van der Waals surface area contributed by atoms with Gasteiger partial charge < -0.3 is 4.98 Å². The van der Waals surface area contributed by atoms with Crippen LogP contribution < -0.4 is 5.43 Å². The molecule has 1 N–H and O–H groups in total. The van der Waals surface area contributed by atoms with Crippen LogP contribution >= 0.6 is 11.6 Å². The van der Waals surface area contributed by atoms with Crippen LogP contribution in [0, 0.1) is 11.3 Å². The fourth-order valence-electron chi connectivity index (χ4n) is 2.20. The number of halogens is 1. The first-order valence-electron chi connectivity index (χ1n) is 6.02. The second-order valence-corrected chi connectivity index (χ2v) is 4.81. The SMILES string of the molecule is N#Cc1c(-c2cccc(Cl)c2)[nH]c2ccccc2c1=O. The number of rotatable bonds is 1. The molecule has 1 heterocycles. The molecule has 0 spiro atoms. The predicted molar refractivity (Wildman–Crippen MR) is 79.7 cm³/mol. The summed E-state index contributed by atoms with van der Waals surface area (Å²) in [4.78, 5) is 15.5. The van der Waals surface area contributed by atoms with E-state index in [1.54, 1.807) is 30.3 Å². The summed E-state index contributed by atoms with van der Waals surface area (Å²) in [5.41, 5.74) is 1.75. The van der Waals surface area contributed by atoms with Gasteiger partial charge in [-0.15, -0.1) is 0 Å². The van der Waals surface area contributed by atoms with Crippen LogP contribution in [0.2, 0.25) is 5.02 Å². The maximum absolute atomic E-state index is 12.4. The maximum atomic E-state index is 12.4. The molecule has 0 radical (unpaired) electrons. The molecular weight excluding hydrogens is 272 g/mol. The van der Waals surface area contributed by atoms with Gasteiger partial charge in [-0.2, -0.15) is 5.26 Å². The van der Waals surface area contributed by atoms with E-state index in [9.17, 15) is 10.1 Å². The number of aromatic nitrogens is 1. The molecule has 0 unspecified atom stereocenters. The average molecular weight is 281 g/mol. The Labute approximate surface area is 120 Å². The molecule has 0 aliphatic rings. The van der Waals surface area contributed by atoms with E-state index in [1.165, 1.54) is 0 Å². The third-order valence-corrected chi connectivity index (χ3v) is 3.37. The summed E-state index contributed by atoms with van der Waals surface area (Å²) in [6, 6.07) is 16.2. The Balaban J connectivity index is 2.42. The summed E-state index contributed by atoms with van der Waals surface area (Å²) in [7, 11) is 0. The number of H-pyrrole nitrogens is 1. The molecule has 0 amide bonds. The number of benzene rings is 2. The van der Waals surface area contributed by atoms with Gasteiger partial charge in [-0.3, -0.25) is 4.79 Å². The first-order valence-corrected chi connectivity index (χ1v) is 6.39. The van der Waals surface area contributed by atoms with Crippen LogP contribution in [-0.4, -0.2) is 4.98 Å². The summed E-state index contributed by atoms with van der Waals surface area (Å²) < 4.78 is 0. The lowest BCUT2D eigenvalue weighted by molar-refractivity contribution is 1.34. The zero-order valence-electron chi connectivity index (χ0n) is 10.4. The van der Waals surface area contributed by atoms with Crippen LogP contribution in [0.4, 0.5) is 0 Å². The topological polar surface area (TPSA) is 56.6 Å². The minimum absolute atomic E-state index is 0.103. The molecule has 3 nitrogen and oxygen atoms in total. The van der Waals surface area contributed by atoms with Gasteiger partial charge in [-0.25, -0.2) is 0 Å². The highest BCUT2D eigenvalue weighted by molar-refractivity contribution is 6.30. The fraction of sp³-hybridized carbons (Fsp3) is 0.